The van der Waals surface area contributed by atoms with Crippen molar-refractivity contribution >= 4 is 29.2 Å². The van der Waals surface area contributed by atoms with Gasteiger partial charge in [0, 0.05) is 0 Å². The number of hydrogen-bond donors (Lipinski definition) is 1. The fourth-order valence-corrected chi connectivity index (χ4v) is 1.30. The highest BCUT2D eigenvalue weighted by Crippen LogP contribution is 2.18. The predicted octanol–water partition coefficient (Wildman–Crippen LogP) is 1.76. The Morgan fingerprint density at radius 1 is 1.56 bits per heavy atom. The third kappa shape index (κ3) is 3.71. The summed E-state index contributed by atoms with van der Waals surface area (Å²) in [7, 11) is 0. The number of halogens is 1. The first-order valence-electron chi connectivity index (χ1n) is 5.09. The van der Waals surface area contributed by atoms with E-state index in [1.165, 1.54) is 12.1 Å². The molecule has 1 heterocycles. The van der Waals surface area contributed by atoms with E-state index in [0.717, 1.165) is 0 Å². The Balaban J connectivity index is 3.00. The van der Waals surface area contributed by atoms with E-state index in [4.69, 9.17) is 21.6 Å². The number of esters is 1. The number of carbonyl (C=O) groups is 2. The molecule has 1 aromatic rings. The van der Waals surface area contributed by atoms with E-state index in [2.05, 4.69) is 10.3 Å². The second-order valence-corrected chi connectivity index (χ2v) is 3.52. The van der Waals surface area contributed by atoms with Crippen LogP contribution < -0.4 is 5.32 Å². The van der Waals surface area contributed by atoms with Crippen molar-refractivity contribution in [2.75, 3.05) is 11.9 Å². The van der Waals surface area contributed by atoms with Crippen LogP contribution in [0.1, 0.15) is 23.8 Å². The van der Waals surface area contributed by atoms with E-state index in [9.17, 15) is 9.59 Å². The second kappa shape index (κ2) is 6.57. The van der Waals surface area contributed by atoms with Gasteiger partial charge in [0.15, 0.2) is 5.69 Å². The normalized spacial score (nSPS) is 9.39. The molecule has 0 saturated heterocycles. The monoisotopic (exact) mass is 267 g/mol. The van der Waals surface area contributed by atoms with Crippen LogP contribution in [0.4, 0.5) is 5.69 Å². The number of pyridine rings is 1. The van der Waals surface area contributed by atoms with E-state index in [0.29, 0.717) is 0 Å². The number of rotatable bonds is 4. The molecule has 1 N–H and O–H groups in total. The van der Waals surface area contributed by atoms with Crippen molar-refractivity contribution in [3.8, 4) is 6.07 Å². The average molecular weight is 268 g/mol. The van der Waals surface area contributed by atoms with Gasteiger partial charge in [-0.3, -0.25) is 4.79 Å². The average Bonchev–Trinajstić information content (AvgIpc) is 2.32. The van der Waals surface area contributed by atoms with Gasteiger partial charge in [0.05, 0.1) is 18.4 Å². The molecule has 0 radical (unpaired) electrons. The fraction of sp³-hybridized carbons (Fsp3) is 0.273. The largest absolute Gasteiger partial charge is 0.461 e. The molecule has 0 saturated carbocycles. The highest BCUT2D eigenvalue weighted by Gasteiger charge is 2.16. The molecule has 0 unspecified atom stereocenters. The van der Waals surface area contributed by atoms with Crippen LogP contribution in [0.25, 0.3) is 0 Å². The first kappa shape index (κ1) is 13.9. The molecule has 0 aliphatic rings. The third-order valence-corrected chi connectivity index (χ3v) is 2.05. The summed E-state index contributed by atoms with van der Waals surface area (Å²) >= 11 is 5.67. The van der Waals surface area contributed by atoms with E-state index < -0.39 is 11.9 Å². The van der Waals surface area contributed by atoms with E-state index >= 15 is 0 Å². The fourth-order valence-electron chi connectivity index (χ4n) is 1.16. The Labute approximate surface area is 109 Å². The van der Waals surface area contributed by atoms with Gasteiger partial charge < -0.3 is 10.1 Å². The molecule has 1 aromatic heterocycles. The molecule has 0 aliphatic carbocycles. The van der Waals surface area contributed by atoms with Crippen LogP contribution in [0, 0.1) is 11.3 Å². The van der Waals surface area contributed by atoms with Crippen molar-refractivity contribution in [3.63, 3.8) is 0 Å². The second-order valence-electron chi connectivity index (χ2n) is 3.13. The number of nitrogens with zero attached hydrogens (tertiary/aromatic N) is 2. The van der Waals surface area contributed by atoms with Gasteiger partial charge in [0.1, 0.15) is 11.6 Å². The Morgan fingerprint density at radius 2 is 2.28 bits per heavy atom. The molecule has 0 aromatic carbocycles. The van der Waals surface area contributed by atoms with Gasteiger partial charge in [0.2, 0.25) is 5.91 Å². The van der Waals surface area contributed by atoms with Gasteiger partial charge >= 0.3 is 5.97 Å². The Hall–Kier alpha value is -2.13. The minimum Gasteiger partial charge on any atom is -0.461 e. The number of carbonyl (C=O) groups excluding carboxylic acids is 2. The molecular formula is C11H10ClN3O3. The molecule has 0 spiro atoms. The molecule has 0 aliphatic heterocycles. The maximum atomic E-state index is 11.6. The number of aromatic nitrogens is 1. The number of hydrogen-bond acceptors (Lipinski definition) is 5. The van der Waals surface area contributed by atoms with E-state index in [-0.39, 0.29) is 29.6 Å². The molecule has 1 amide bonds. The lowest BCUT2D eigenvalue weighted by molar-refractivity contribution is -0.115. The first-order valence-corrected chi connectivity index (χ1v) is 5.46. The van der Waals surface area contributed by atoms with Gasteiger partial charge in [-0.15, -0.1) is 0 Å². The van der Waals surface area contributed by atoms with Crippen LogP contribution in [0.15, 0.2) is 12.1 Å². The predicted molar refractivity (Wildman–Crippen MR) is 64.1 cm³/mol. The summed E-state index contributed by atoms with van der Waals surface area (Å²) in [4.78, 5) is 26.7. The maximum Gasteiger partial charge on any atom is 0.359 e. The number of amides is 1. The van der Waals surface area contributed by atoms with Crippen LogP contribution in [-0.2, 0) is 9.53 Å². The van der Waals surface area contributed by atoms with Crippen molar-refractivity contribution in [3.05, 3.63) is 23.0 Å². The summed E-state index contributed by atoms with van der Waals surface area (Å²) in [6.45, 7) is 1.83. The number of nitriles is 1. The Kier molecular flexibility index (Phi) is 5.08. The van der Waals surface area contributed by atoms with Gasteiger partial charge in [-0.25, -0.2) is 9.78 Å². The van der Waals surface area contributed by atoms with Crippen molar-refractivity contribution in [1.29, 1.82) is 5.26 Å². The quantitative estimate of drug-likeness (QED) is 0.663. The van der Waals surface area contributed by atoms with Crippen molar-refractivity contribution in [2.24, 2.45) is 0 Å². The minimum atomic E-state index is -0.688. The maximum absolute atomic E-state index is 11.6. The zero-order valence-corrected chi connectivity index (χ0v) is 10.3. The van der Waals surface area contributed by atoms with Gasteiger partial charge in [0.25, 0.3) is 0 Å². The molecular weight excluding hydrogens is 258 g/mol. The Bertz CT molecular complexity index is 511. The summed E-state index contributed by atoms with van der Waals surface area (Å²) in [6.07, 6.45) is -0.315. The number of ether oxygens (including phenoxy) is 1. The van der Waals surface area contributed by atoms with Crippen LogP contribution in [0.5, 0.6) is 0 Å². The van der Waals surface area contributed by atoms with Crippen molar-refractivity contribution < 1.29 is 14.3 Å². The highest BCUT2D eigenvalue weighted by atomic mass is 35.5. The topological polar surface area (TPSA) is 92.1 Å². The molecule has 0 fully saturated rings. The lowest BCUT2D eigenvalue weighted by Crippen LogP contribution is -2.16. The zero-order chi connectivity index (χ0) is 13.5. The summed E-state index contributed by atoms with van der Waals surface area (Å²) < 4.78 is 4.79. The molecule has 0 bridgehead atoms. The standard InChI is InChI=1S/C11H10ClN3O3/c1-2-18-11(17)10-7(3-4-8(12)15-10)14-9(16)5-6-13/h3-4H,2,5H2,1H3,(H,14,16). The zero-order valence-electron chi connectivity index (χ0n) is 9.57. The lowest BCUT2D eigenvalue weighted by atomic mass is 10.3. The number of nitrogens with one attached hydrogen (secondary N) is 1. The molecule has 1 rings (SSSR count). The smallest absolute Gasteiger partial charge is 0.359 e. The molecule has 0 atom stereocenters. The molecule has 94 valence electrons. The third-order valence-electron chi connectivity index (χ3n) is 1.84. The SMILES string of the molecule is CCOC(=O)c1nc(Cl)ccc1NC(=O)CC#N. The van der Waals surface area contributed by atoms with Gasteiger partial charge in [-0.05, 0) is 19.1 Å². The van der Waals surface area contributed by atoms with Crippen LogP contribution >= 0.6 is 11.6 Å². The summed E-state index contributed by atoms with van der Waals surface area (Å²) in [6, 6.07) is 4.55. The summed E-state index contributed by atoms with van der Waals surface area (Å²) in [5, 5.41) is 10.9. The molecule has 6 nitrogen and oxygen atoms in total. The van der Waals surface area contributed by atoms with Crippen LogP contribution in [0.3, 0.4) is 0 Å². The summed E-state index contributed by atoms with van der Waals surface area (Å²) in [5.74, 6) is -1.22. The summed E-state index contributed by atoms with van der Waals surface area (Å²) in [5.41, 5.74) is 0.0775. The van der Waals surface area contributed by atoms with E-state index in [1.54, 1.807) is 13.0 Å². The minimum absolute atomic E-state index is 0.0874. The first-order chi connectivity index (χ1) is 8.58. The molecule has 18 heavy (non-hydrogen) atoms. The van der Waals surface area contributed by atoms with Crippen LogP contribution in [0.2, 0.25) is 5.15 Å². The van der Waals surface area contributed by atoms with Crippen molar-refractivity contribution in [1.82, 2.24) is 4.98 Å². The Morgan fingerprint density at radius 3 is 2.89 bits per heavy atom. The van der Waals surface area contributed by atoms with Crippen molar-refractivity contribution in [2.45, 2.75) is 13.3 Å². The van der Waals surface area contributed by atoms with E-state index in [1.807, 2.05) is 0 Å². The van der Waals surface area contributed by atoms with Crippen LogP contribution in [-0.4, -0.2) is 23.5 Å². The highest BCUT2D eigenvalue weighted by molar-refractivity contribution is 6.29. The van der Waals surface area contributed by atoms with Gasteiger partial charge in [-0.2, -0.15) is 5.26 Å². The van der Waals surface area contributed by atoms with Gasteiger partial charge in [-0.1, -0.05) is 11.6 Å². The number of anilines is 1. The molecule has 7 heteroatoms. The lowest BCUT2D eigenvalue weighted by Gasteiger charge is -2.08.